The second kappa shape index (κ2) is 6.91. The summed E-state index contributed by atoms with van der Waals surface area (Å²) in [7, 11) is 0. The van der Waals surface area contributed by atoms with Crippen LogP contribution in [-0.2, 0) is 6.61 Å². The fourth-order valence-electron chi connectivity index (χ4n) is 1.92. The highest BCUT2D eigenvalue weighted by Crippen LogP contribution is 2.22. The van der Waals surface area contributed by atoms with E-state index in [0.29, 0.717) is 24.7 Å². The van der Waals surface area contributed by atoms with Crippen LogP contribution in [0.5, 0.6) is 11.5 Å². The van der Waals surface area contributed by atoms with Crippen molar-refractivity contribution in [1.29, 1.82) is 0 Å². The standard InChI is InChI=1S/C16H19NO3/c1-12-4-3-5-13(2)16(12)20-9-8-19-15-7-6-14(11-18)17-10-15/h3-7,10,18H,8-9,11H2,1-2H3. The molecule has 4 heteroatoms. The van der Waals surface area contributed by atoms with Gasteiger partial charge in [-0.1, -0.05) is 18.2 Å². The molecule has 4 nitrogen and oxygen atoms in total. The van der Waals surface area contributed by atoms with E-state index in [9.17, 15) is 0 Å². The van der Waals surface area contributed by atoms with Crippen molar-refractivity contribution in [3.8, 4) is 11.5 Å². The third-order valence-electron chi connectivity index (χ3n) is 2.97. The van der Waals surface area contributed by atoms with Gasteiger partial charge in [-0.2, -0.15) is 0 Å². The van der Waals surface area contributed by atoms with Gasteiger partial charge in [-0.05, 0) is 37.1 Å². The van der Waals surface area contributed by atoms with Gasteiger partial charge in [-0.15, -0.1) is 0 Å². The molecule has 0 atom stereocenters. The molecule has 0 unspecified atom stereocenters. The van der Waals surface area contributed by atoms with Crippen LogP contribution in [0.4, 0.5) is 0 Å². The Hall–Kier alpha value is -2.07. The predicted molar refractivity (Wildman–Crippen MR) is 77.1 cm³/mol. The average molecular weight is 273 g/mol. The van der Waals surface area contributed by atoms with E-state index in [1.807, 2.05) is 32.0 Å². The maximum absolute atomic E-state index is 8.90. The van der Waals surface area contributed by atoms with E-state index in [4.69, 9.17) is 14.6 Å². The summed E-state index contributed by atoms with van der Waals surface area (Å²) in [6.45, 7) is 4.93. The van der Waals surface area contributed by atoms with Crippen LogP contribution >= 0.6 is 0 Å². The van der Waals surface area contributed by atoms with Gasteiger partial charge in [0.25, 0.3) is 0 Å². The van der Waals surface area contributed by atoms with E-state index >= 15 is 0 Å². The normalized spacial score (nSPS) is 10.3. The molecular formula is C16H19NO3. The molecule has 1 N–H and O–H groups in total. The van der Waals surface area contributed by atoms with E-state index in [0.717, 1.165) is 16.9 Å². The summed E-state index contributed by atoms with van der Waals surface area (Å²) in [4.78, 5) is 4.05. The van der Waals surface area contributed by atoms with Crippen molar-refractivity contribution in [3.05, 3.63) is 53.3 Å². The van der Waals surface area contributed by atoms with E-state index in [1.54, 1.807) is 18.3 Å². The number of ether oxygens (including phenoxy) is 2. The summed E-state index contributed by atoms with van der Waals surface area (Å²) in [5.41, 5.74) is 2.88. The number of hydrogen-bond donors (Lipinski definition) is 1. The first kappa shape index (κ1) is 14.3. The number of hydrogen-bond acceptors (Lipinski definition) is 4. The molecule has 0 aliphatic carbocycles. The molecule has 0 amide bonds. The monoisotopic (exact) mass is 273 g/mol. The first-order valence-corrected chi connectivity index (χ1v) is 6.58. The van der Waals surface area contributed by atoms with Crippen LogP contribution < -0.4 is 9.47 Å². The van der Waals surface area contributed by atoms with Gasteiger partial charge in [0.15, 0.2) is 0 Å². The van der Waals surface area contributed by atoms with Crippen LogP contribution in [0.2, 0.25) is 0 Å². The second-order valence-corrected chi connectivity index (χ2v) is 4.56. The van der Waals surface area contributed by atoms with E-state index in [1.165, 1.54) is 0 Å². The Labute approximate surface area is 119 Å². The van der Waals surface area contributed by atoms with Crippen LogP contribution in [0.1, 0.15) is 16.8 Å². The lowest BCUT2D eigenvalue weighted by atomic mass is 10.1. The topological polar surface area (TPSA) is 51.6 Å². The minimum Gasteiger partial charge on any atom is -0.489 e. The first-order chi connectivity index (χ1) is 9.70. The molecule has 2 rings (SSSR count). The quantitative estimate of drug-likeness (QED) is 0.822. The van der Waals surface area contributed by atoms with E-state index < -0.39 is 0 Å². The first-order valence-electron chi connectivity index (χ1n) is 6.58. The number of pyridine rings is 1. The van der Waals surface area contributed by atoms with Crippen LogP contribution in [0.3, 0.4) is 0 Å². The van der Waals surface area contributed by atoms with Crippen LogP contribution in [0.25, 0.3) is 0 Å². The Bertz CT molecular complexity index is 532. The third kappa shape index (κ3) is 3.71. The van der Waals surface area contributed by atoms with Gasteiger partial charge >= 0.3 is 0 Å². The molecule has 0 saturated carbocycles. The Morgan fingerprint density at radius 2 is 1.70 bits per heavy atom. The van der Waals surface area contributed by atoms with Crippen molar-refractivity contribution >= 4 is 0 Å². The Kier molecular flexibility index (Phi) is 4.96. The highest BCUT2D eigenvalue weighted by molar-refractivity contribution is 5.39. The summed E-state index contributed by atoms with van der Waals surface area (Å²) >= 11 is 0. The van der Waals surface area contributed by atoms with Gasteiger partial charge in [-0.25, -0.2) is 0 Å². The molecular weight excluding hydrogens is 254 g/mol. The molecule has 0 fully saturated rings. The zero-order valence-electron chi connectivity index (χ0n) is 11.8. The number of aromatic nitrogens is 1. The predicted octanol–water partition coefficient (Wildman–Crippen LogP) is 2.65. The van der Waals surface area contributed by atoms with Gasteiger partial charge in [-0.3, -0.25) is 4.98 Å². The van der Waals surface area contributed by atoms with Gasteiger partial charge in [0.05, 0.1) is 18.5 Å². The number of aryl methyl sites for hydroxylation is 2. The molecule has 0 aliphatic rings. The molecule has 0 bridgehead atoms. The summed E-state index contributed by atoms with van der Waals surface area (Å²) in [5, 5.41) is 8.90. The number of benzene rings is 1. The molecule has 1 heterocycles. The fourth-order valence-corrected chi connectivity index (χ4v) is 1.92. The summed E-state index contributed by atoms with van der Waals surface area (Å²) < 4.78 is 11.3. The molecule has 0 saturated heterocycles. The Morgan fingerprint density at radius 3 is 2.30 bits per heavy atom. The van der Waals surface area contributed by atoms with Crippen molar-refractivity contribution in [2.24, 2.45) is 0 Å². The number of nitrogens with zero attached hydrogens (tertiary/aromatic N) is 1. The lowest BCUT2D eigenvalue weighted by Crippen LogP contribution is -2.10. The number of aliphatic hydroxyl groups is 1. The highest BCUT2D eigenvalue weighted by Gasteiger charge is 2.03. The molecule has 1 aromatic heterocycles. The molecule has 1 aromatic carbocycles. The van der Waals surface area contributed by atoms with Crippen molar-refractivity contribution < 1.29 is 14.6 Å². The van der Waals surface area contributed by atoms with Crippen molar-refractivity contribution in [2.75, 3.05) is 13.2 Å². The van der Waals surface area contributed by atoms with Gasteiger partial charge < -0.3 is 14.6 Å². The molecule has 0 spiro atoms. The number of aliphatic hydroxyl groups excluding tert-OH is 1. The van der Waals surface area contributed by atoms with E-state index in [-0.39, 0.29) is 6.61 Å². The summed E-state index contributed by atoms with van der Waals surface area (Å²) in [6.07, 6.45) is 1.60. The number of rotatable bonds is 6. The van der Waals surface area contributed by atoms with Crippen LogP contribution in [-0.4, -0.2) is 23.3 Å². The third-order valence-corrected chi connectivity index (χ3v) is 2.97. The van der Waals surface area contributed by atoms with Gasteiger partial charge in [0.2, 0.25) is 0 Å². The Balaban J connectivity index is 1.81. The zero-order chi connectivity index (χ0) is 14.4. The zero-order valence-corrected chi connectivity index (χ0v) is 11.8. The molecule has 2 aromatic rings. The van der Waals surface area contributed by atoms with Crippen molar-refractivity contribution in [3.63, 3.8) is 0 Å². The van der Waals surface area contributed by atoms with Crippen molar-refractivity contribution in [2.45, 2.75) is 20.5 Å². The van der Waals surface area contributed by atoms with Crippen LogP contribution in [0, 0.1) is 13.8 Å². The molecule has 20 heavy (non-hydrogen) atoms. The summed E-state index contributed by atoms with van der Waals surface area (Å²) in [5.74, 6) is 1.59. The van der Waals surface area contributed by atoms with Gasteiger partial charge in [0, 0.05) is 0 Å². The summed E-state index contributed by atoms with van der Waals surface area (Å²) in [6, 6.07) is 9.60. The molecule has 0 aliphatic heterocycles. The Morgan fingerprint density at radius 1 is 1.00 bits per heavy atom. The molecule has 0 radical (unpaired) electrons. The number of para-hydroxylation sites is 1. The maximum Gasteiger partial charge on any atom is 0.137 e. The minimum atomic E-state index is -0.0596. The van der Waals surface area contributed by atoms with Gasteiger partial charge in [0.1, 0.15) is 24.7 Å². The average Bonchev–Trinajstić information content (AvgIpc) is 2.46. The van der Waals surface area contributed by atoms with Crippen LogP contribution in [0.15, 0.2) is 36.5 Å². The maximum atomic E-state index is 8.90. The highest BCUT2D eigenvalue weighted by atomic mass is 16.5. The smallest absolute Gasteiger partial charge is 0.137 e. The molecule has 106 valence electrons. The lowest BCUT2D eigenvalue weighted by Gasteiger charge is -2.12. The van der Waals surface area contributed by atoms with Crippen molar-refractivity contribution in [1.82, 2.24) is 4.98 Å². The van der Waals surface area contributed by atoms with E-state index in [2.05, 4.69) is 4.98 Å². The fraction of sp³-hybridized carbons (Fsp3) is 0.312. The minimum absolute atomic E-state index is 0.0596. The lowest BCUT2D eigenvalue weighted by molar-refractivity contribution is 0.214. The SMILES string of the molecule is Cc1cccc(C)c1OCCOc1ccc(CO)nc1. The second-order valence-electron chi connectivity index (χ2n) is 4.56. The largest absolute Gasteiger partial charge is 0.489 e.